The van der Waals surface area contributed by atoms with Gasteiger partial charge in [-0.15, -0.1) is 0 Å². The topological polar surface area (TPSA) is 82.9 Å². The number of methoxy groups -OCH3 is 2. The summed E-state index contributed by atoms with van der Waals surface area (Å²) in [5.74, 6) is 1.67. The third kappa shape index (κ3) is 5.59. The first-order valence-electron chi connectivity index (χ1n) is 11.4. The van der Waals surface area contributed by atoms with Crippen molar-refractivity contribution < 1.29 is 22.6 Å². The van der Waals surface area contributed by atoms with Gasteiger partial charge in [0.25, 0.3) is 0 Å². The molecule has 0 saturated carbocycles. The predicted octanol–water partition coefficient (Wildman–Crippen LogP) is 4.73. The summed E-state index contributed by atoms with van der Waals surface area (Å²) < 4.78 is 47.1. The molecule has 3 aromatic carbocycles. The van der Waals surface area contributed by atoms with Crippen molar-refractivity contribution in [3.05, 3.63) is 90.5 Å². The first-order chi connectivity index (χ1) is 17.4. The number of benzene rings is 3. The Morgan fingerprint density at radius 3 is 2.11 bits per heavy atom. The summed E-state index contributed by atoms with van der Waals surface area (Å²) in [6, 6.07) is 25.3. The number of hydrogen-bond acceptors (Lipinski definition) is 6. The van der Waals surface area contributed by atoms with Crippen LogP contribution in [0.15, 0.2) is 89.8 Å². The van der Waals surface area contributed by atoms with Gasteiger partial charge in [0.1, 0.15) is 17.2 Å². The highest BCUT2D eigenvalue weighted by Gasteiger charge is 2.29. The summed E-state index contributed by atoms with van der Waals surface area (Å²) in [7, 11) is 0.994. The Bertz CT molecular complexity index is 1370. The molecule has 0 unspecified atom stereocenters. The predicted molar refractivity (Wildman–Crippen MR) is 138 cm³/mol. The molecule has 0 fully saturated rings. The number of aromatic nitrogens is 2. The van der Waals surface area contributed by atoms with Crippen molar-refractivity contribution in [2.75, 3.05) is 27.4 Å². The monoisotopic (exact) mass is 507 g/mol. The summed E-state index contributed by atoms with van der Waals surface area (Å²) in [6.45, 7) is 0.419. The second-order valence-electron chi connectivity index (χ2n) is 8.04. The number of nitrogens with zero attached hydrogens (tertiary/aromatic N) is 3. The standard InChI is InChI=1S/C27H29N3O5S/c1-29-27(35-23-12-8-5-9-13-23)25(26(28-29)21-10-6-4-7-11-21)20-30(18-19-33-2)36(31,32)24-16-14-22(34-3)15-17-24/h4-17H,18-20H2,1-3H3. The smallest absolute Gasteiger partial charge is 0.243 e. The van der Waals surface area contributed by atoms with E-state index in [2.05, 4.69) is 0 Å². The zero-order chi connectivity index (χ0) is 25.5. The Morgan fingerprint density at radius 1 is 0.861 bits per heavy atom. The normalized spacial score (nSPS) is 11.6. The maximum Gasteiger partial charge on any atom is 0.243 e. The molecule has 0 aliphatic carbocycles. The van der Waals surface area contributed by atoms with Crippen LogP contribution in [-0.2, 0) is 28.4 Å². The molecule has 9 heteroatoms. The van der Waals surface area contributed by atoms with E-state index in [9.17, 15) is 8.42 Å². The molecule has 0 atom stereocenters. The van der Waals surface area contributed by atoms with E-state index in [1.165, 1.54) is 23.5 Å². The van der Waals surface area contributed by atoms with Crippen molar-refractivity contribution in [1.82, 2.24) is 14.1 Å². The van der Waals surface area contributed by atoms with Crippen molar-refractivity contribution in [3.63, 3.8) is 0 Å². The van der Waals surface area contributed by atoms with E-state index < -0.39 is 10.0 Å². The molecule has 8 nitrogen and oxygen atoms in total. The van der Waals surface area contributed by atoms with Gasteiger partial charge in [-0.05, 0) is 36.4 Å². The summed E-state index contributed by atoms with van der Waals surface area (Å²) >= 11 is 0. The lowest BCUT2D eigenvalue weighted by atomic mass is 10.1. The van der Waals surface area contributed by atoms with Crippen LogP contribution in [0.1, 0.15) is 5.56 Å². The molecule has 0 N–H and O–H groups in total. The van der Waals surface area contributed by atoms with E-state index in [4.69, 9.17) is 19.3 Å². The number of para-hydroxylation sites is 1. The molecule has 4 rings (SSSR count). The second-order valence-corrected chi connectivity index (χ2v) is 9.98. The Labute approximate surface area is 211 Å². The molecule has 0 radical (unpaired) electrons. The van der Waals surface area contributed by atoms with Gasteiger partial charge in [0.2, 0.25) is 15.9 Å². The van der Waals surface area contributed by atoms with E-state index in [1.54, 1.807) is 31.0 Å². The van der Waals surface area contributed by atoms with E-state index in [-0.39, 0.29) is 24.6 Å². The highest BCUT2D eigenvalue weighted by atomic mass is 32.2. The lowest BCUT2D eigenvalue weighted by Crippen LogP contribution is -2.33. The van der Waals surface area contributed by atoms with Crippen LogP contribution in [0.3, 0.4) is 0 Å². The van der Waals surface area contributed by atoms with Gasteiger partial charge in [0, 0.05) is 32.8 Å². The minimum absolute atomic E-state index is 0.0396. The Hall–Kier alpha value is -3.66. The number of hydrogen-bond donors (Lipinski definition) is 0. The van der Waals surface area contributed by atoms with Gasteiger partial charge in [0.05, 0.1) is 24.2 Å². The van der Waals surface area contributed by atoms with Gasteiger partial charge in [-0.1, -0.05) is 48.5 Å². The fraction of sp³-hybridized carbons (Fsp3) is 0.222. The molecule has 0 amide bonds. The molecule has 1 heterocycles. The quantitative estimate of drug-likeness (QED) is 0.292. The molecule has 188 valence electrons. The lowest BCUT2D eigenvalue weighted by molar-refractivity contribution is 0.177. The van der Waals surface area contributed by atoms with Crippen molar-refractivity contribution in [3.8, 4) is 28.6 Å². The minimum Gasteiger partial charge on any atom is -0.497 e. The van der Waals surface area contributed by atoms with Crippen LogP contribution < -0.4 is 9.47 Å². The third-order valence-corrected chi connectivity index (χ3v) is 7.53. The number of rotatable bonds is 11. The maximum absolute atomic E-state index is 13.7. The summed E-state index contributed by atoms with van der Waals surface area (Å²) in [6.07, 6.45) is 0. The molecule has 0 aliphatic heterocycles. The zero-order valence-corrected chi connectivity index (χ0v) is 21.3. The van der Waals surface area contributed by atoms with Crippen LogP contribution in [-0.4, -0.2) is 49.9 Å². The zero-order valence-electron chi connectivity index (χ0n) is 20.5. The van der Waals surface area contributed by atoms with E-state index in [0.29, 0.717) is 28.6 Å². The van der Waals surface area contributed by atoms with Crippen LogP contribution >= 0.6 is 0 Å². The second kappa shape index (κ2) is 11.4. The molecule has 36 heavy (non-hydrogen) atoms. The average molecular weight is 508 g/mol. The van der Waals surface area contributed by atoms with Crippen LogP contribution in [0.25, 0.3) is 11.3 Å². The Balaban J connectivity index is 1.79. The summed E-state index contributed by atoms with van der Waals surface area (Å²) in [5, 5.41) is 4.71. The SMILES string of the molecule is COCCN(Cc1c(-c2ccccc2)nn(C)c1Oc1ccccc1)S(=O)(=O)c1ccc(OC)cc1. The van der Waals surface area contributed by atoms with E-state index in [1.807, 2.05) is 60.7 Å². The largest absolute Gasteiger partial charge is 0.497 e. The number of ether oxygens (including phenoxy) is 3. The lowest BCUT2D eigenvalue weighted by Gasteiger charge is -2.23. The van der Waals surface area contributed by atoms with Gasteiger partial charge in [-0.3, -0.25) is 0 Å². The summed E-state index contributed by atoms with van der Waals surface area (Å²) in [4.78, 5) is 0.162. The minimum atomic E-state index is -3.87. The maximum atomic E-state index is 13.7. The van der Waals surface area contributed by atoms with Crippen molar-refractivity contribution >= 4 is 10.0 Å². The highest BCUT2D eigenvalue weighted by molar-refractivity contribution is 7.89. The van der Waals surface area contributed by atoms with Crippen molar-refractivity contribution in [2.45, 2.75) is 11.4 Å². The number of aryl methyl sites for hydroxylation is 1. The van der Waals surface area contributed by atoms with Crippen LogP contribution in [0.5, 0.6) is 17.4 Å². The Morgan fingerprint density at radius 2 is 1.50 bits per heavy atom. The van der Waals surface area contributed by atoms with Crippen molar-refractivity contribution in [1.29, 1.82) is 0 Å². The molecule has 0 spiro atoms. The van der Waals surface area contributed by atoms with Gasteiger partial charge in [-0.25, -0.2) is 13.1 Å². The first kappa shape index (κ1) is 25.4. The fourth-order valence-electron chi connectivity index (χ4n) is 3.80. The Kier molecular flexibility index (Phi) is 8.04. The van der Waals surface area contributed by atoms with E-state index >= 15 is 0 Å². The fourth-order valence-corrected chi connectivity index (χ4v) is 5.19. The van der Waals surface area contributed by atoms with Crippen molar-refractivity contribution in [2.24, 2.45) is 7.05 Å². The van der Waals surface area contributed by atoms with Gasteiger partial charge in [0.15, 0.2) is 0 Å². The van der Waals surface area contributed by atoms with Gasteiger partial charge >= 0.3 is 0 Å². The number of sulfonamides is 1. The molecule has 4 aromatic rings. The third-order valence-electron chi connectivity index (χ3n) is 5.67. The molecular formula is C27H29N3O5S. The molecule has 0 aliphatic rings. The molecule has 0 saturated heterocycles. The average Bonchev–Trinajstić information content (AvgIpc) is 3.22. The van der Waals surface area contributed by atoms with Gasteiger partial charge < -0.3 is 14.2 Å². The highest BCUT2D eigenvalue weighted by Crippen LogP contribution is 2.35. The van der Waals surface area contributed by atoms with Gasteiger partial charge in [-0.2, -0.15) is 9.40 Å². The molecule has 1 aromatic heterocycles. The molecular weight excluding hydrogens is 478 g/mol. The molecule has 0 bridgehead atoms. The summed E-state index contributed by atoms with van der Waals surface area (Å²) in [5.41, 5.74) is 2.16. The first-order valence-corrected chi connectivity index (χ1v) is 12.9. The van der Waals surface area contributed by atoms with E-state index in [0.717, 1.165) is 5.56 Å². The van der Waals surface area contributed by atoms with Crippen LogP contribution in [0.4, 0.5) is 0 Å². The van der Waals surface area contributed by atoms with Crippen LogP contribution in [0.2, 0.25) is 0 Å². The van der Waals surface area contributed by atoms with Crippen LogP contribution in [0, 0.1) is 0 Å².